The van der Waals surface area contributed by atoms with Gasteiger partial charge in [-0.15, -0.1) is 0 Å². The highest BCUT2D eigenvalue weighted by Gasteiger charge is 2.49. The number of fused-ring (bicyclic) bond motifs is 3. The van der Waals surface area contributed by atoms with Crippen molar-refractivity contribution in [3.63, 3.8) is 0 Å². The van der Waals surface area contributed by atoms with Gasteiger partial charge in [-0.1, -0.05) is 38.3 Å². The number of nitrogens with zero attached hydrogens (tertiary/aromatic N) is 2. The van der Waals surface area contributed by atoms with Crippen LogP contribution in [0.25, 0.3) is 11.1 Å². The summed E-state index contributed by atoms with van der Waals surface area (Å²) in [4.78, 5) is 29.4. The lowest BCUT2D eigenvalue weighted by molar-refractivity contribution is -0.128. The van der Waals surface area contributed by atoms with Crippen molar-refractivity contribution in [2.45, 2.75) is 58.2 Å². The fraction of sp³-hybridized carbons (Fsp3) is 0.462. The van der Waals surface area contributed by atoms with E-state index in [2.05, 4.69) is 19.2 Å². The molecule has 1 fully saturated rings. The second-order valence-electron chi connectivity index (χ2n) is 9.87. The molecule has 34 heavy (non-hydrogen) atoms. The van der Waals surface area contributed by atoms with Gasteiger partial charge in [0.2, 0.25) is 5.91 Å². The first-order chi connectivity index (χ1) is 16.2. The Balaban J connectivity index is 1.59. The van der Waals surface area contributed by atoms with Crippen LogP contribution in [0.3, 0.4) is 0 Å². The van der Waals surface area contributed by atoms with Crippen LogP contribution in [0.1, 0.15) is 50.5 Å². The Kier molecular flexibility index (Phi) is 5.63. The number of halogens is 1. The molecule has 5 rings (SSSR count). The summed E-state index contributed by atoms with van der Waals surface area (Å²) in [5, 5.41) is 3.68. The number of carbonyl (C=O) groups excluding carboxylic acids is 2. The predicted molar refractivity (Wildman–Crippen MR) is 132 cm³/mol. The average Bonchev–Trinajstić information content (AvgIpc) is 3.39. The maximum Gasteiger partial charge on any atom is 0.276 e. The maximum atomic E-state index is 14.0. The van der Waals surface area contributed by atoms with Crippen molar-refractivity contribution >= 4 is 40.2 Å². The van der Waals surface area contributed by atoms with Crippen LogP contribution in [-0.2, 0) is 11.3 Å². The summed E-state index contributed by atoms with van der Waals surface area (Å²) in [6.45, 7) is 6.55. The van der Waals surface area contributed by atoms with Crippen LogP contribution < -0.4 is 15.0 Å². The smallest absolute Gasteiger partial charge is 0.276 e. The molecule has 2 amide bonds. The Morgan fingerprint density at radius 2 is 2.03 bits per heavy atom. The van der Waals surface area contributed by atoms with Gasteiger partial charge in [0.25, 0.3) is 5.91 Å². The van der Waals surface area contributed by atoms with E-state index in [1.54, 1.807) is 42.5 Å². The number of aromatic nitrogens is 1. The largest absolute Gasteiger partial charge is 0.495 e. The number of nitrogens with one attached hydrogen (secondary N) is 1. The molecular weight excluding hydrogens is 454 g/mol. The van der Waals surface area contributed by atoms with Gasteiger partial charge in [0.05, 0.1) is 30.5 Å². The topological polar surface area (TPSA) is 76.7 Å². The highest BCUT2D eigenvalue weighted by Crippen LogP contribution is 2.39. The third-order valence-corrected chi connectivity index (χ3v) is 8.11. The van der Waals surface area contributed by atoms with Crippen LogP contribution in [0, 0.1) is 11.8 Å². The number of rotatable bonds is 4. The van der Waals surface area contributed by atoms with Gasteiger partial charge in [-0.05, 0) is 43.4 Å². The van der Waals surface area contributed by atoms with E-state index in [1.807, 2.05) is 17.6 Å². The molecule has 0 spiro atoms. The minimum atomic E-state index is -1.17. The SMILES string of the molecule is COc1ccc(N2C(=O)c3cc4occc4n3C[C@]2(C)C(=O)N[C@@H]2CCC[C@@H](C)[C@H]2C)cc1Cl. The van der Waals surface area contributed by atoms with E-state index in [9.17, 15) is 9.59 Å². The highest BCUT2D eigenvalue weighted by molar-refractivity contribution is 6.32. The molecule has 1 N–H and O–H groups in total. The molecule has 180 valence electrons. The zero-order valence-corrected chi connectivity index (χ0v) is 20.7. The molecule has 7 nitrogen and oxygen atoms in total. The predicted octanol–water partition coefficient (Wildman–Crippen LogP) is 5.26. The zero-order valence-electron chi connectivity index (χ0n) is 19.9. The second kappa shape index (κ2) is 8.38. The molecule has 2 aliphatic rings. The van der Waals surface area contributed by atoms with Crippen LogP contribution >= 0.6 is 11.6 Å². The molecule has 3 heterocycles. The van der Waals surface area contributed by atoms with Crippen molar-refractivity contribution in [2.24, 2.45) is 11.8 Å². The van der Waals surface area contributed by atoms with E-state index in [1.165, 1.54) is 6.42 Å². The van der Waals surface area contributed by atoms with E-state index in [0.717, 1.165) is 18.4 Å². The lowest BCUT2D eigenvalue weighted by Gasteiger charge is -2.45. The number of hydrogen-bond donors (Lipinski definition) is 1. The van der Waals surface area contributed by atoms with Crippen LogP contribution in [0.4, 0.5) is 5.69 Å². The molecule has 1 saturated carbocycles. The number of amides is 2. The summed E-state index contributed by atoms with van der Waals surface area (Å²) in [7, 11) is 1.54. The van der Waals surface area contributed by atoms with Gasteiger partial charge >= 0.3 is 0 Å². The molecule has 1 aromatic carbocycles. The Bertz CT molecular complexity index is 1260. The molecule has 0 saturated heterocycles. The Morgan fingerprint density at radius 1 is 1.24 bits per heavy atom. The van der Waals surface area contributed by atoms with E-state index in [0.29, 0.717) is 46.1 Å². The Morgan fingerprint density at radius 3 is 2.76 bits per heavy atom. The van der Waals surface area contributed by atoms with Crippen molar-refractivity contribution in [1.29, 1.82) is 0 Å². The van der Waals surface area contributed by atoms with Gasteiger partial charge in [0.15, 0.2) is 5.58 Å². The lowest BCUT2D eigenvalue weighted by Crippen LogP contribution is -2.66. The summed E-state index contributed by atoms with van der Waals surface area (Å²) in [6.07, 6.45) is 4.79. The highest BCUT2D eigenvalue weighted by atomic mass is 35.5. The summed E-state index contributed by atoms with van der Waals surface area (Å²) in [5.41, 5.74) is 1.27. The monoisotopic (exact) mass is 483 g/mol. The average molecular weight is 484 g/mol. The minimum absolute atomic E-state index is 0.0736. The van der Waals surface area contributed by atoms with E-state index < -0.39 is 5.54 Å². The quantitative estimate of drug-likeness (QED) is 0.549. The number of methoxy groups -OCH3 is 1. The molecule has 8 heteroatoms. The third-order valence-electron chi connectivity index (χ3n) is 7.81. The van der Waals surface area contributed by atoms with Crippen molar-refractivity contribution < 1.29 is 18.7 Å². The third kappa shape index (κ3) is 3.49. The number of carbonyl (C=O) groups is 2. The van der Waals surface area contributed by atoms with E-state index in [4.69, 9.17) is 20.8 Å². The molecule has 0 unspecified atom stereocenters. The van der Waals surface area contributed by atoms with Gasteiger partial charge < -0.3 is 19.0 Å². The maximum absolute atomic E-state index is 14.0. The Hall–Kier alpha value is -2.93. The van der Waals surface area contributed by atoms with Crippen LogP contribution in [0.15, 0.2) is 41.0 Å². The van der Waals surface area contributed by atoms with Crippen LogP contribution in [0.5, 0.6) is 5.75 Å². The molecular formula is C26H30ClN3O4. The van der Waals surface area contributed by atoms with E-state index in [-0.39, 0.29) is 17.9 Å². The number of hydrogen-bond acceptors (Lipinski definition) is 4. The van der Waals surface area contributed by atoms with Crippen LogP contribution in [0.2, 0.25) is 5.02 Å². The second-order valence-corrected chi connectivity index (χ2v) is 10.3. The van der Waals surface area contributed by atoms with Gasteiger partial charge in [-0.3, -0.25) is 14.5 Å². The normalized spacial score (nSPS) is 27.0. The number of furan rings is 1. The van der Waals surface area contributed by atoms with Crippen molar-refractivity contribution in [3.05, 3.63) is 47.3 Å². The standard InChI is InChI=1S/C26H30ClN3O4/c1-15-6-5-7-19(16(15)2)28-25(32)26(3)14-29-20-10-11-34-23(20)13-21(29)24(31)30(26)17-8-9-22(33-4)18(27)12-17/h8-13,15-16,19H,5-7,14H2,1-4H3,(H,28,32)/t15-,16-,19-,26-/m1/s1. The van der Waals surface area contributed by atoms with Crippen molar-refractivity contribution in [2.75, 3.05) is 12.0 Å². The summed E-state index contributed by atoms with van der Waals surface area (Å²) >= 11 is 6.42. The first-order valence-corrected chi connectivity index (χ1v) is 12.2. The molecule has 1 aliphatic carbocycles. The molecule has 2 aromatic heterocycles. The van der Waals surface area contributed by atoms with Crippen molar-refractivity contribution in [1.82, 2.24) is 9.88 Å². The summed E-state index contributed by atoms with van der Waals surface area (Å²) < 4.78 is 12.7. The van der Waals surface area contributed by atoms with Gasteiger partial charge in [0, 0.05) is 23.9 Å². The fourth-order valence-corrected chi connectivity index (χ4v) is 5.77. The Labute approximate surface area is 204 Å². The number of anilines is 1. The molecule has 1 aliphatic heterocycles. The van der Waals surface area contributed by atoms with Gasteiger partial charge in [0.1, 0.15) is 17.0 Å². The zero-order chi connectivity index (χ0) is 24.2. The fourth-order valence-electron chi connectivity index (χ4n) is 5.52. The molecule has 0 bridgehead atoms. The van der Waals surface area contributed by atoms with E-state index >= 15 is 0 Å². The summed E-state index contributed by atoms with van der Waals surface area (Å²) in [6, 6.07) is 8.80. The lowest BCUT2D eigenvalue weighted by atomic mass is 9.77. The molecule has 3 aromatic rings. The molecule has 4 atom stereocenters. The van der Waals surface area contributed by atoms with Crippen LogP contribution in [-0.4, -0.2) is 35.1 Å². The molecule has 0 radical (unpaired) electrons. The first-order valence-electron chi connectivity index (χ1n) is 11.8. The summed E-state index contributed by atoms with van der Waals surface area (Å²) in [5.74, 6) is 0.966. The number of benzene rings is 1. The van der Waals surface area contributed by atoms with Crippen molar-refractivity contribution in [3.8, 4) is 5.75 Å². The van der Waals surface area contributed by atoms with Gasteiger partial charge in [-0.2, -0.15) is 0 Å². The first kappa shape index (κ1) is 22.8. The van der Waals surface area contributed by atoms with Gasteiger partial charge in [-0.25, -0.2) is 0 Å². The number of ether oxygens (including phenoxy) is 1. The minimum Gasteiger partial charge on any atom is -0.495 e.